The van der Waals surface area contributed by atoms with Crippen molar-refractivity contribution >= 4 is 17.6 Å². The van der Waals surface area contributed by atoms with Gasteiger partial charge in [-0.2, -0.15) is 0 Å². The molecule has 100 valence electrons. The van der Waals surface area contributed by atoms with E-state index in [1.807, 2.05) is 0 Å². The molecule has 0 saturated heterocycles. The van der Waals surface area contributed by atoms with E-state index >= 15 is 0 Å². The lowest BCUT2D eigenvalue weighted by molar-refractivity contribution is -0.274. The molecule has 1 N–H and O–H groups in total. The van der Waals surface area contributed by atoms with E-state index in [-0.39, 0.29) is 0 Å². The SMILES string of the molecule is O=C(O)c1c(C(F)F)cnc(Cl)c1OC(F)(F)F. The van der Waals surface area contributed by atoms with Crippen LogP contribution in [0.5, 0.6) is 5.75 Å². The van der Waals surface area contributed by atoms with Crippen LogP contribution < -0.4 is 4.74 Å². The number of halogens is 6. The zero-order chi connectivity index (χ0) is 14.1. The van der Waals surface area contributed by atoms with Crippen LogP contribution in [0.25, 0.3) is 0 Å². The maximum absolute atomic E-state index is 12.4. The van der Waals surface area contributed by atoms with Crippen LogP contribution in [0.1, 0.15) is 22.3 Å². The van der Waals surface area contributed by atoms with Crippen molar-refractivity contribution < 1.29 is 36.6 Å². The molecule has 0 fully saturated rings. The number of aromatic nitrogens is 1. The topological polar surface area (TPSA) is 59.4 Å². The van der Waals surface area contributed by atoms with Gasteiger partial charge in [-0.05, 0) is 0 Å². The lowest BCUT2D eigenvalue weighted by Crippen LogP contribution is -2.20. The fraction of sp³-hybridized carbons (Fsp3) is 0.250. The molecule has 10 heteroatoms. The molecule has 0 aromatic carbocycles. The molecule has 18 heavy (non-hydrogen) atoms. The van der Waals surface area contributed by atoms with Crippen molar-refractivity contribution in [2.45, 2.75) is 12.8 Å². The first-order valence-electron chi connectivity index (χ1n) is 4.09. The van der Waals surface area contributed by atoms with Crippen LogP contribution >= 0.6 is 11.6 Å². The first-order chi connectivity index (χ1) is 8.13. The van der Waals surface area contributed by atoms with Gasteiger partial charge in [0.2, 0.25) is 0 Å². The van der Waals surface area contributed by atoms with Gasteiger partial charge in [0.25, 0.3) is 6.43 Å². The van der Waals surface area contributed by atoms with Crippen molar-refractivity contribution in [3.8, 4) is 5.75 Å². The fourth-order valence-electron chi connectivity index (χ4n) is 1.08. The lowest BCUT2D eigenvalue weighted by Gasteiger charge is -2.14. The molecule has 0 bridgehead atoms. The second-order valence-corrected chi connectivity index (χ2v) is 3.22. The van der Waals surface area contributed by atoms with E-state index in [4.69, 9.17) is 16.7 Å². The molecule has 1 aromatic heterocycles. The summed E-state index contributed by atoms with van der Waals surface area (Å²) in [6.45, 7) is 0. The molecule has 1 aromatic rings. The van der Waals surface area contributed by atoms with Crippen LogP contribution in [0.15, 0.2) is 6.20 Å². The van der Waals surface area contributed by atoms with Crippen molar-refractivity contribution in [2.24, 2.45) is 0 Å². The zero-order valence-electron chi connectivity index (χ0n) is 8.13. The predicted molar refractivity (Wildman–Crippen MR) is 47.8 cm³/mol. The summed E-state index contributed by atoms with van der Waals surface area (Å²) in [4.78, 5) is 13.7. The van der Waals surface area contributed by atoms with Crippen LogP contribution in [0.3, 0.4) is 0 Å². The molecule has 0 saturated carbocycles. The van der Waals surface area contributed by atoms with E-state index in [0.29, 0.717) is 6.20 Å². The van der Waals surface area contributed by atoms with Gasteiger partial charge < -0.3 is 9.84 Å². The van der Waals surface area contributed by atoms with Crippen molar-refractivity contribution in [3.05, 3.63) is 22.5 Å². The molecule has 0 amide bonds. The molecule has 1 rings (SSSR count). The van der Waals surface area contributed by atoms with Gasteiger partial charge in [0.15, 0.2) is 10.9 Å². The standard InChI is InChI=1S/C8H3ClF5NO3/c9-5-4(18-8(12,13)14)3(7(16)17)2(1-15-5)6(10)11/h1,6H,(H,16,17). The number of carboxylic acids is 1. The Morgan fingerprint density at radius 3 is 2.39 bits per heavy atom. The third-order valence-corrected chi connectivity index (χ3v) is 1.96. The van der Waals surface area contributed by atoms with Gasteiger partial charge in [-0.25, -0.2) is 18.6 Å². The van der Waals surface area contributed by atoms with Gasteiger partial charge in [0, 0.05) is 6.20 Å². The summed E-state index contributed by atoms with van der Waals surface area (Å²) >= 11 is 5.21. The smallest absolute Gasteiger partial charge is 0.478 e. The molecule has 0 unspecified atom stereocenters. The molecule has 4 nitrogen and oxygen atoms in total. The second kappa shape index (κ2) is 4.92. The van der Waals surface area contributed by atoms with E-state index < -0.39 is 40.8 Å². The second-order valence-electron chi connectivity index (χ2n) is 2.86. The number of carbonyl (C=O) groups is 1. The van der Waals surface area contributed by atoms with Crippen LogP contribution in [0, 0.1) is 0 Å². The number of alkyl halides is 5. The summed E-state index contributed by atoms with van der Waals surface area (Å²) in [5, 5.41) is 7.67. The van der Waals surface area contributed by atoms with Crippen molar-refractivity contribution in [2.75, 3.05) is 0 Å². The molecule has 0 atom stereocenters. The van der Waals surface area contributed by atoms with E-state index in [1.54, 1.807) is 0 Å². The Balaban J connectivity index is 3.46. The normalized spacial score (nSPS) is 11.7. The Bertz CT molecular complexity index is 477. The predicted octanol–water partition coefficient (Wildman–Crippen LogP) is 3.27. The minimum atomic E-state index is -5.28. The first-order valence-corrected chi connectivity index (χ1v) is 4.47. The number of pyridine rings is 1. The Morgan fingerprint density at radius 2 is 2.00 bits per heavy atom. The number of nitrogens with zero attached hydrogens (tertiary/aromatic N) is 1. The summed E-state index contributed by atoms with van der Waals surface area (Å²) in [5.74, 6) is -3.50. The largest absolute Gasteiger partial charge is 0.573 e. The average Bonchev–Trinajstić information content (AvgIpc) is 2.17. The summed E-state index contributed by atoms with van der Waals surface area (Å²) in [7, 11) is 0. The number of hydrogen-bond acceptors (Lipinski definition) is 3. The first kappa shape index (κ1) is 14.4. The van der Waals surface area contributed by atoms with E-state index in [9.17, 15) is 26.7 Å². The number of rotatable bonds is 3. The summed E-state index contributed by atoms with van der Waals surface area (Å²) < 4.78 is 64.2. The van der Waals surface area contributed by atoms with Crippen LogP contribution in [-0.2, 0) is 0 Å². The third-order valence-electron chi connectivity index (χ3n) is 1.69. The van der Waals surface area contributed by atoms with Crippen LogP contribution in [0.2, 0.25) is 5.15 Å². The average molecular weight is 292 g/mol. The summed E-state index contributed by atoms with van der Waals surface area (Å²) in [6, 6.07) is 0. The summed E-state index contributed by atoms with van der Waals surface area (Å²) in [6.07, 6.45) is -8.24. The highest BCUT2D eigenvalue weighted by Gasteiger charge is 2.36. The molecule has 1 heterocycles. The molecular weight excluding hydrogens is 289 g/mol. The molecular formula is C8H3ClF5NO3. The zero-order valence-corrected chi connectivity index (χ0v) is 8.89. The molecule has 0 radical (unpaired) electrons. The quantitative estimate of drug-likeness (QED) is 0.686. The monoisotopic (exact) mass is 291 g/mol. The molecule has 0 aliphatic heterocycles. The van der Waals surface area contributed by atoms with E-state index in [1.165, 1.54) is 0 Å². The van der Waals surface area contributed by atoms with Gasteiger partial charge in [-0.3, -0.25) is 0 Å². The Labute approximate surface area is 101 Å². The molecule has 0 aliphatic carbocycles. The van der Waals surface area contributed by atoms with Crippen molar-refractivity contribution in [1.82, 2.24) is 4.98 Å². The number of ether oxygens (including phenoxy) is 1. The highest BCUT2D eigenvalue weighted by atomic mass is 35.5. The van der Waals surface area contributed by atoms with Gasteiger partial charge in [0.1, 0.15) is 5.56 Å². The van der Waals surface area contributed by atoms with Crippen LogP contribution in [-0.4, -0.2) is 22.4 Å². The minimum Gasteiger partial charge on any atom is -0.478 e. The maximum atomic E-state index is 12.4. The van der Waals surface area contributed by atoms with E-state index in [0.717, 1.165) is 0 Å². The fourth-order valence-corrected chi connectivity index (χ4v) is 1.26. The highest BCUT2D eigenvalue weighted by molar-refractivity contribution is 6.31. The van der Waals surface area contributed by atoms with Crippen LogP contribution in [0.4, 0.5) is 22.0 Å². The maximum Gasteiger partial charge on any atom is 0.573 e. The highest BCUT2D eigenvalue weighted by Crippen LogP contribution is 2.37. The third kappa shape index (κ3) is 3.19. The Hall–Kier alpha value is -1.64. The summed E-state index contributed by atoms with van der Waals surface area (Å²) in [5.41, 5.74) is -2.59. The number of carboxylic acid groups (broad SMARTS) is 1. The molecule has 0 spiro atoms. The van der Waals surface area contributed by atoms with Gasteiger partial charge in [-0.1, -0.05) is 11.6 Å². The lowest BCUT2D eigenvalue weighted by atomic mass is 10.1. The van der Waals surface area contributed by atoms with E-state index in [2.05, 4.69) is 9.72 Å². The number of aromatic carboxylic acids is 1. The van der Waals surface area contributed by atoms with Gasteiger partial charge in [-0.15, -0.1) is 13.2 Å². The molecule has 0 aliphatic rings. The van der Waals surface area contributed by atoms with Crippen molar-refractivity contribution in [1.29, 1.82) is 0 Å². The Morgan fingerprint density at radius 1 is 1.44 bits per heavy atom. The van der Waals surface area contributed by atoms with Crippen molar-refractivity contribution in [3.63, 3.8) is 0 Å². The Kier molecular flexibility index (Phi) is 3.95. The van der Waals surface area contributed by atoms with Gasteiger partial charge >= 0.3 is 12.3 Å². The minimum absolute atomic E-state index is 0.375. The number of hydrogen-bond donors (Lipinski definition) is 1. The van der Waals surface area contributed by atoms with Gasteiger partial charge in [0.05, 0.1) is 5.56 Å².